The molecule has 158 valence electrons. The number of thiocarbonyl (C=S) groups is 1. The molecule has 0 aliphatic carbocycles. The predicted molar refractivity (Wildman–Crippen MR) is 129 cm³/mol. The number of benzene rings is 2. The van der Waals surface area contributed by atoms with Crippen molar-refractivity contribution in [2.75, 3.05) is 20.3 Å². The van der Waals surface area contributed by atoms with Crippen LogP contribution in [-0.4, -0.2) is 39.4 Å². The van der Waals surface area contributed by atoms with E-state index in [-0.39, 0.29) is 0 Å². The number of aromatic nitrogens is 3. The topological polar surface area (TPSA) is 43.5 Å². The van der Waals surface area contributed by atoms with Gasteiger partial charge in [0.1, 0.15) is 16.3 Å². The summed E-state index contributed by atoms with van der Waals surface area (Å²) in [4.78, 5) is 0.710. The van der Waals surface area contributed by atoms with E-state index in [1.54, 1.807) is 7.11 Å². The number of hydrogen-bond acceptors (Lipinski definition) is 3. The maximum absolute atomic E-state index is 5.90. The van der Waals surface area contributed by atoms with E-state index in [1.165, 1.54) is 22.3 Å². The summed E-state index contributed by atoms with van der Waals surface area (Å²) >= 11 is 5.90. The molecule has 3 heterocycles. The molecule has 2 aromatic carbocycles. The van der Waals surface area contributed by atoms with E-state index >= 15 is 0 Å². The van der Waals surface area contributed by atoms with Crippen molar-refractivity contribution >= 4 is 22.9 Å². The average molecular weight is 431 g/mol. The van der Waals surface area contributed by atoms with Gasteiger partial charge in [0.05, 0.1) is 6.61 Å². The molecule has 0 saturated heterocycles. The Morgan fingerprint density at radius 2 is 1.74 bits per heavy atom. The van der Waals surface area contributed by atoms with Gasteiger partial charge < -0.3 is 14.6 Å². The first-order chi connectivity index (χ1) is 15.3. The Morgan fingerprint density at radius 1 is 1.03 bits per heavy atom. The van der Waals surface area contributed by atoms with Crippen LogP contribution in [0.1, 0.15) is 24.1 Å². The molecule has 0 unspecified atom stereocenters. The molecule has 1 N–H and O–H groups in total. The van der Waals surface area contributed by atoms with Crippen LogP contribution in [0.4, 0.5) is 0 Å². The van der Waals surface area contributed by atoms with E-state index in [1.807, 2.05) is 6.07 Å². The molecule has 31 heavy (non-hydrogen) atoms. The van der Waals surface area contributed by atoms with Gasteiger partial charge in [-0.25, -0.2) is 4.52 Å². The minimum Gasteiger partial charge on any atom is -0.383 e. The standard InChI is InChI=1S/C25H26N4OS/c1-30-17-15-26-24(31)22-21(18-10-4-2-5-11-18)20-14-8-9-16-28-23(27-29(22)25(20)28)19-12-6-3-7-13-19/h2-7,10-13H,8-9,14-17H2,1H3,(H,26,31). The van der Waals surface area contributed by atoms with Gasteiger partial charge in [-0.2, -0.15) is 0 Å². The Labute approximate surface area is 187 Å². The van der Waals surface area contributed by atoms with Gasteiger partial charge in [0.15, 0.2) is 5.82 Å². The zero-order valence-corrected chi connectivity index (χ0v) is 18.5. The van der Waals surface area contributed by atoms with Gasteiger partial charge in [-0.05, 0) is 24.8 Å². The number of nitrogens with zero attached hydrogens (tertiary/aromatic N) is 3. The van der Waals surface area contributed by atoms with Crippen LogP contribution >= 0.6 is 12.2 Å². The minimum absolute atomic E-state index is 0.603. The zero-order valence-electron chi connectivity index (χ0n) is 17.7. The van der Waals surface area contributed by atoms with E-state index in [0.717, 1.165) is 42.9 Å². The summed E-state index contributed by atoms with van der Waals surface area (Å²) in [6.45, 7) is 2.23. The minimum atomic E-state index is 0.603. The Kier molecular flexibility index (Phi) is 5.57. The first kappa shape index (κ1) is 20.0. The zero-order chi connectivity index (χ0) is 21.2. The largest absolute Gasteiger partial charge is 0.383 e. The van der Waals surface area contributed by atoms with Crippen LogP contribution < -0.4 is 5.32 Å². The fourth-order valence-electron chi connectivity index (χ4n) is 4.51. The molecule has 1 aliphatic rings. The predicted octanol–water partition coefficient (Wildman–Crippen LogP) is 4.72. The molecule has 0 bridgehead atoms. The lowest BCUT2D eigenvalue weighted by Gasteiger charge is -2.11. The lowest BCUT2D eigenvalue weighted by molar-refractivity contribution is 0.204. The van der Waals surface area contributed by atoms with E-state index in [2.05, 4.69) is 69.0 Å². The van der Waals surface area contributed by atoms with Crippen LogP contribution in [0.5, 0.6) is 0 Å². The van der Waals surface area contributed by atoms with E-state index in [9.17, 15) is 0 Å². The quantitative estimate of drug-likeness (QED) is 0.355. The Hall–Kier alpha value is -2.96. The molecule has 0 saturated carbocycles. The van der Waals surface area contributed by atoms with Gasteiger partial charge in [0, 0.05) is 36.9 Å². The maximum Gasteiger partial charge on any atom is 0.162 e. The summed E-state index contributed by atoms with van der Waals surface area (Å²) in [7, 11) is 1.70. The lowest BCUT2D eigenvalue weighted by atomic mass is 9.98. The van der Waals surface area contributed by atoms with Gasteiger partial charge in [-0.3, -0.25) is 0 Å². The van der Waals surface area contributed by atoms with Crippen LogP contribution in [0.3, 0.4) is 0 Å². The Bertz CT molecular complexity index is 1210. The van der Waals surface area contributed by atoms with Gasteiger partial charge in [0.25, 0.3) is 0 Å². The molecule has 0 atom stereocenters. The van der Waals surface area contributed by atoms with E-state index in [4.69, 9.17) is 22.1 Å². The second-order valence-electron chi connectivity index (χ2n) is 7.85. The van der Waals surface area contributed by atoms with E-state index in [0.29, 0.717) is 18.1 Å². The monoisotopic (exact) mass is 430 g/mol. The van der Waals surface area contributed by atoms with Crippen molar-refractivity contribution in [1.29, 1.82) is 0 Å². The fourth-order valence-corrected chi connectivity index (χ4v) is 4.81. The van der Waals surface area contributed by atoms with Crippen molar-refractivity contribution in [3.63, 3.8) is 0 Å². The summed E-state index contributed by atoms with van der Waals surface area (Å²) in [5, 5.41) is 8.49. The van der Waals surface area contributed by atoms with Gasteiger partial charge >= 0.3 is 0 Å². The molecule has 0 radical (unpaired) electrons. The summed E-state index contributed by atoms with van der Waals surface area (Å²) in [5.41, 5.74) is 6.99. The fraction of sp³-hybridized carbons (Fsp3) is 0.280. The summed E-state index contributed by atoms with van der Waals surface area (Å²) in [5.74, 6) is 0.999. The smallest absolute Gasteiger partial charge is 0.162 e. The Balaban J connectivity index is 1.77. The molecule has 5 rings (SSSR count). The SMILES string of the molecule is COCCNC(=S)c1c(-c2ccccc2)c2c3n(c(-c4ccccc4)nn13)CCCC2. The number of aryl methyl sites for hydroxylation is 2. The van der Waals surface area contributed by atoms with Crippen molar-refractivity contribution in [3.8, 4) is 22.5 Å². The molecule has 5 nitrogen and oxygen atoms in total. The third-order valence-corrected chi connectivity index (χ3v) is 6.22. The third kappa shape index (κ3) is 3.56. The lowest BCUT2D eigenvalue weighted by Crippen LogP contribution is -2.27. The first-order valence-electron chi connectivity index (χ1n) is 10.8. The number of ether oxygens (including phenoxy) is 1. The number of methoxy groups -OCH3 is 1. The molecule has 0 amide bonds. The molecule has 0 spiro atoms. The summed E-state index contributed by atoms with van der Waals surface area (Å²) in [6, 6.07) is 21.0. The van der Waals surface area contributed by atoms with Gasteiger partial charge in [-0.15, -0.1) is 5.10 Å². The van der Waals surface area contributed by atoms with Gasteiger partial charge in [0.2, 0.25) is 0 Å². The second-order valence-corrected chi connectivity index (χ2v) is 8.26. The van der Waals surface area contributed by atoms with E-state index < -0.39 is 0 Å². The van der Waals surface area contributed by atoms with Crippen molar-refractivity contribution in [3.05, 3.63) is 71.9 Å². The number of rotatable bonds is 6. The van der Waals surface area contributed by atoms with Crippen LogP contribution in [0.2, 0.25) is 0 Å². The van der Waals surface area contributed by atoms with Crippen molar-refractivity contribution < 1.29 is 4.74 Å². The first-order valence-corrected chi connectivity index (χ1v) is 11.2. The highest BCUT2D eigenvalue weighted by Crippen LogP contribution is 2.38. The van der Waals surface area contributed by atoms with Gasteiger partial charge in [-0.1, -0.05) is 72.9 Å². The molecule has 1 aliphatic heterocycles. The maximum atomic E-state index is 5.90. The highest BCUT2D eigenvalue weighted by molar-refractivity contribution is 7.80. The highest BCUT2D eigenvalue weighted by Gasteiger charge is 2.29. The Morgan fingerprint density at radius 3 is 2.45 bits per heavy atom. The summed E-state index contributed by atoms with van der Waals surface area (Å²) < 4.78 is 9.67. The van der Waals surface area contributed by atoms with Crippen LogP contribution in [0.15, 0.2) is 60.7 Å². The molecule has 2 aromatic heterocycles. The van der Waals surface area contributed by atoms with Crippen molar-refractivity contribution in [1.82, 2.24) is 19.5 Å². The third-order valence-electron chi connectivity index (χ3n) is 5.89. The van der Waals surface area contributed by atoms with Crippen LogP contribution in [0.25, 0.3) is 28.2 Å². The van der Waals surface area contributed by atoms with Crippen molar-refractivity contribution in [2.24, 2.45) is 0 Å². The molecule has 4 aromatic rings. The van der Waals surface area contributed by atoms with Crippen LogP contribution in [-0.2, 0) is 17.7 Å². The molecule has 6 heteroatoms. The molecular weight excluding hydrogens is 404 g/mol. The average Bonchev–Trinajstić information content (AvgIpc) is 3.23. The second kappa shape index (κ2) is 8.65. The highest BCUT2D eigenvalue weighted by atomic mass is 32.1. The number of nitrogens with one attached hydrogen (secondary N) is 1. The molecular formula is C25H26N4OS. The molecule has 0 fully saturated rings. The number of hydrogen-bond donors (Lipinski definition) is 1. The normalized spacial score (nSPS) is 13.3. The summed E-state index contributed by atoms with van der Waals surface area (Å²) in [6.07, 6.45) is 3.31. The van der Waals surface area contributed by atoms with Crippen molar-refractivity contribution in [2.45, 2.75) is 25.8 Å². The van der Waals surface area contributed by atoms with Crippen LogP contribution in [0, 0.1) is 0 Å².